The van der Waals surface area contributed by atoms with Crippen LogP contribution in [0, 0.1) is 10.1 Å². The number of aliphatic hydroxyl groups excluding tert-OH is 1. The van der Waals surface area contributed by atoms with E-state index in [4.69, 9.17) is 5.53 Å². The fourth-order valence-corrected chi connectivity index (χ4v) is 1.34. The fraction of sp³-hybridized carbons (Fsp3) is 0.300. The number of Topliss-reactive ketones (excluding diaryl/α,β-unsaturated/α-hetero) is 1. The molecule has 1 N–H and O–H groups in total. The molecule has 0 aromatic heterocycles. The number of ketones is 1. The summed E-state index contributed by atoms with van der Waals surface area (Å²) in [6.45, 7) is 1.32. The van der Waals surface area contributed by atoms with Crippen molar-refractivity contribution < 1.29 is 14.8 Å². The first-order valence-corrected chi connectivity index (χ1v) is 4.98. The first-order valence-electron chi connectivity index (χ1n) is 4.98. The van der Waals surface area contributed by atoms with E-state index < -0.39 is 22.9 Å². The number of hydrogen-bond acceptors (Lipinski definition) is 5. The number of aliphatic hydroxyl groups is 1. The minimum atomic E-state index is -1.24. The van der Waals surface area contributed by atoms with E-state index in [2.05, 4.69) is 10.0 Å². The van der Waals surface area contributed by atoms with E-state index in [0.29, 0.717) is 0 Å². The molecule has 2 atom stereocenters. The number of rotatable bonds is 5. The third kappa shape index (κ3) is 3.03. The highest BCUT2D eigenvalue weighted by Crippen LogP contribution is 2.15. The molecule has 1 rings (SSSR count). The SMILES string of the molecule is C[C@H](O)[C@@H](N=[N+]=[N-])C(=O)c1ccc([N+](=O)[O-])cc1. The van der Waals surface area contributed by atoms with Gasteiger partial charge < -0.3 is 5.11 Å². The highest BCUT2D eigenvalue weighted by atomic mass is 16.6. The zero-order chi connectivity index (χ0) is 13.7. The maximum atomic E-state index is 11.9. The number of benzene rings is 1. The molecule has 0 saturated heterocycles. The third-order valence-electron chi connectivity index (χ3n) is 2.26. The van der Waals surface area contributed by atoms with Gasteiger partial charge in [0.1, 0.15) is 6.04 Å². The summed E-state index contributed by atoms with van der Waals surface area (Å²) in [5, 5.41) is 23.0. The first-order chi connectivity index (χ1) is 8.47. The highest BCUT2D eigenvalue weighted by Gasteiger charge is 2.23. The Balaban J connectivity index is 3.02. The summed E-state index contributed by atoms with van der Waals surface area (Å²) in [7, 11) is 0. The molecule has 18 heavy (non-hydrogen) atoms. The maximum absolute atomic E-state index is 11.9. The van der Waals surface area contributed by atoms with E-state index in [-0.39, 0.29) is 11.3 Å². The second kappa shape index (κ2) is 5.76. The number of nitro groups is 1. The average Bonchev–Trinajstić information content (AvgIpc) is 2.35. The minimum Gasteiger partial charge on any atom is -0.393 e. The van der Waals surface area contributed by atoms with Crippen LogP contribution in [0.2, 0.25) is 0 Å². The van der Waals surface area contributed by atoms with E-state index in [1.54, 1.807) is 0 Å². The Morgan fingerprint density at radius 1 is 1.50 bits per heavy atom. The Kier molecular flexibility index (Phi) is 4.36. The van der Waals surface area contributed by atoms with Gasteiger partial charge in [-0.05, 0) is 24.6 Å². The molecule has 0 aliphatic rings. The summed E-state index contributed by atoms with van der Waals surface area (Å²) in [5.74, 6) is -0.585. The minimum absolute atomic E-state index is 0.138. The van der Waals surface area contributed by atoms with Gasteiger partial charge >= 0.3 is 0 Å². The molecule has 0 bridgehead atoms. The molecule has 1 aromatic rings. The predicted molar refractivity (Wildman–Crippen MR) is 62.0 cm³/mol. The molecular formula is C10H10N4O4. The lowest BCUT2D eigenvalue weighted by Crippen LogP contribution is -2.29. The third-order valence-corrected chi connectivity index (χ3v) is 2.26. The quantitative estimate of drug-likeness (QED) is 0.213. The molecule has 0 unspecified atom stereocenters. The number of azide groups is 1. The Labute approximate surface area is 102 Å². The van der Waals surface area contributed by atoms with E-state index in [9.17, 15) is 20.0 Å². The lowest BCUT2D eigenvalue weighted by Gasteiger charge is -2.12. The molecule has 0 aliphatic carbocycles. The second-order valence-electron chi connectivity index (χ2n) is 3.56. The Morgan fingerprint density at radius 3 is 2.44 bits per heavy atom. The molecule has 0 fully saturated rings. The number of hydrogen-bond donors (Lipinski definition) is 1. The van der Waals surface area contributed by atoms with Crippen molar-refractivity contribution in [3.8, 4) is 0 Å². The van der Waals surface area contributed by atoms with Gasteiger partial charge in [-0.1, -0.05) is 5.11 Å². The lowest BCUT2D eigenvalue weighted by molar-refractivity contribution is -0.384. The van der Waals surface area contributed by atoms with Gasteiger partial charge in [0.15, 0.2) is 5.78 Å². The molecule has 0 spiro atoms. The van der Waals surface area contributed by atoms with Crippen molar-refractivity contribution in [2.75, 3.05) is 0 Å². The van der Waals surface area contributed by atoms with Crippen molar-refractivity contribution in [2.24, 2.45) is 5.11 Å². The van der Waals surface area contributed by atoms with Crippen LogP contribution in [0.5, 0.6) is 0 Å². The van der Waals surface area contributed by atoms with Gasteiger partial charge in [-0.3, -0.25) is 14.9 Å². The van der Waals surface area contributed by atoms with Crippen molar-refractivity contribution in [1.29, 1.82) is 0 Å². The van der Waals surface area contributed by atoms with Crippen LogP contribution in [0.4, 0.5) is 5.69 Å². The molecule has 0 saturated carbocycles. The molecular weight excluding hydrogens is 240 g/mol. The van der Waals surface area contributed by atoms with Gasteiger partial charge in [0.2, 0.25) is 0 Å². The van der Waals surface area contributed by atoms with Gasteiger partial charge in [-0.25, -0.2) is 0 Å². The number of nitrogens with zero attached hydrogens (tertiary/aromatic N) is 4. The summed E-state index contributed by atoms with van der Waals surface area (Å²) in [4.78, 5) is 24.2. The van der Waals surface area contributed by atoms with Gasteiger partial charge in [0.05, 0.1) is 11.0 Å². The lowest BCUT2D eigenvalue weighted by atomic mass is 10.0. The molecule has 8 heteroatoms. The van der Waals surface area contributed by atoms with Gasteiger partial charge in [-0.2, -0.15) is 0 Å². The molecule has 8 nitrogen and oxygen atoms in total. The van der Waals surface area contributed by atoms with Crippen molar-refractivity contribution in [3.05, 3.63) is 50.4 Å². The molecule has 94 valence electrons. The van der Waals surface area contributed by atoms with E-state index in [1.807, 2.05) is 0 Å². The normalized spacial score (nSPS) is 13.2. The smallest absolute Gasteiger partial charge is 0.269 e. The zero-order valence-electron chi connectivity index (χ0n) is 9.42. The highest BCUT2D eigenvalue weighted by molar-refractivity contribution is 6.00. The van der Waals surface area contributed by atoms with Crippen LogP contribution < -0.4 is 0 Å². The van der Waals surface area contributed by atoms with Crippen LogP contribution in [-0.2, 0) is 0 Å². The summed E-state index contributed by atoms with van der Waals surface area (Å²) >= 11 is 0. The average molecular weight is 250 g/mol. The van der Waals surface area contributed by atoms with Crippen LogP contribution >= 0.6 is 0 Å². The van der Waals surface area contributed by atoms with Crippen molar-refractivity contribution in [3.63, 3.8) is 0 Å². The number of non-ortho nitro benzene ring substituents is 1. The van der Waals surface area contributed by atoms with Gasteiger partial charge in [0, 0.05) is 22.6 Å². The Hall–Kier alpha value is -2.44. The second-order valence-corrected chi connectivity index (χ2v) is 3.56. The Bertz CT molecular complexity index is 505. The fourth-order valence-electron chi connectivity index (χ4n) is 1.34. The largest absolute Gasteiger partial charge is 0.393 e. The van der Waals surface area contributed by atoms with Crippen LogP contribution in [0.3, 0.4) is 0 Å². The standard InChI is InChI=1S/C10H10N4O4/c1-6(15)9(12-13-11)10(16)7-2-4-8(5-3-7)14(17)18/h2-6,9,15H,1H3/t6-,9+/m0/s1. The van der Waals surface area contributed by atoms with Crippen molar-refractivity contribution >= 4 is 11.5 Å². The molecule has 0 heterocycles. The van der Waals surface area contributed by atoms with Crippen molar-refractivity contribution in [1.82, 2.24) is 0 Å². The summed E-state index contributed by atoms with van der Waals surface area (Å²) in [6, 6.07) is 3.60. The van der Waals surface area contributed by atoms with E-state index in [0.717, 1.165) is 0 Å². The van der Waals surface area contributed by atoms with Crippen LogP contribution in [0.25, 0.3) is 10.4 Å². The summed E-state index contributed by atoms with van der Waals surface area (Å²) in [6.07, 6.45) is -1.14. The van der Waals surface area contributed by atoms with Crippen LogP contribution in [0.1, 0.15) is 17.3 Å². The van der Waals surface area contributed by atoms with Crippen LogP contribution in [0.15, 0.2) is 29.4 Å². The van der Waals surface area contributed by atoms with Crippen LogP contribution in [-0.4, -0.2) is 28.0 Å². The zero-order valence-corrected chi connectivity index (χ0v) is 9.42. The predicted octanol–water partition coefficient (Wildman–Crippen LogP) is 1.84. The van der Waals surface area contributed by atoms with E-state index >= 15 is 0 Å². The summed E-state index contributed by atoms with van der Waals surface area (Å²) < 4.78 is 0. The first kappa shape index (κ1) is 13.6. The van der Waals surface area contributed by atoms with Gasteiger partial charge in [0.25, 0.3) is 5.69 Å². The topological polar surface area (TPSA) is 129 Å². The maximum Gasteiger partial charge on any atom is 0.269 e. The van der Waals surface area contributed by atoms with Gasteiger partial charge in [-0.15, -0.1) is 0 Å². The molecule has 1 aromatic carbocycles. The molecule has 0 radical (unpaired) electrons. The number of carbonyl (C=O) groups is 1. The Morgan fingerprint density at radius 2 is 2.06 bits per heavy atom. The monoisotopic (exact) mass is 250 g/mol. The van der Waals surface area contributed by atoms with Crippen molar-refractivity contribution in [2.45, 2.75) is 19.1 Å². The number of carbonyl (C=O) groups excluding carboxylic acids is 1. The summed E-state index contributed by atoms with van der Waals surface area (Å²) in [5.41, 5.74) is 8.29. The molecule has 0 aliphatic heterocycles. The molecule has 0 amide bonds. The number of nitro benzene ring substituents is 1. The van der Waals surface area contributed by atoms with E-state index in [1.165, 1.54) is 31.2 Å².